The van der Waals surface area contributed by atoms with Gasteiger partial charge in [-0.05, 0) is 37.1 Å². The maximum atomic E-state index is 10.00. The quantitative estimate of drug-likeness (QED) is 0.764. The molecular weight excluding hydrogens is 200 g/mol. The minimum absolute atomic E-state index is 0.120. The molecule has 2 heteroatoms. The lowest BCUT2D eigenvalue weighted by molar-refractivity contribution is 0.444. The second-order valence-electron chi connectivity index (χ2n) is 3.92. The molecule has 0 aromatic heterocycles. The first-order valence-corrected chi connectivity index (χ1v) is 5.19. The first-order valence-electron chi connectivity index (χ1n) is 5.19. The molecule has 0 heterocycles. The fourth-order valence-electron chi connectivity index (χ4n) is 1.78. The van der Waals surface area contributed by atoms with E-state index in [1.165, 1.54) is 0 Å². The predicted octanol–water partition coefficient (Wildman–Crippen LogP) is 3.38. The molecule has 2 aromatic carbocycles. The van der Waals surface area contributed by atoms with E-state index in [-0.39, 0.29) is 11.5 Å². The first-order chi connectivity index (χ1) is 7.61. The Morgan fingerprint density at radius 3 is 2.19 bits per heavy atom. The number of aromatic hydroxyl groups is 2. The zero-order chi connectivity index (χ0) is 11.7. The number of phenols is 2. The van der Waals surface area contributed by atoms with Crippen molar-refractivity contribution in [3.8, 4) is 22.6 Å². The minimum atomic E-state index is 0.120. The molecular formula is C14H14O2. The van der Waals surface area contributed by atoms with Gasteiger partial charge in [-0.2, -0.15) is 0 Å². The number of benzene rings is 2. The molecule has 0 spiro atoms. The van der Waals surface area contributed by atoms with Crippen LogP contribution in [0.1, 0.15) is 11.1 Å². The van der Waals surface area contributed by atoms with Crippen molar-refractivity contribution < 1.29 is 10.2 Å². The van der Waals surface area contributed by atoms with Crippen LogP contribution in [-0.2, 0) is 0 Å². The number of hydrogen-bond acceptors (Lipinski definition) is 2. The Kier molecular flexibility index (Phi) is 2.57. The second-order valence-corrected chi connectivity index (χ2v) is 3.92. The van der Waals surface area contributed by atoms with Crippen LogP contribution < -0.4 is 0 Å². The van der Waals surface area contributed by atoms with E-state index in [4.69, 9.17) is 0 Å². The molecule has 0 unspecified atom stereocenters. The van der Waals surface area contributed by atoms with Crippen LogP contribution >= 0.6 is 0 Å². The van der Waals surface area contributed by atoms with E-state index >= 15 is 0 Å². The fourth-order valence-corrected chi connectivity index (χ4v) is 1.78. The van der Waals surface area contributed by atoms with Gasteiger partial charge in [-0.15, -0.1) is 0 Å². The summed E-state index contributed by atoms with van der Waals surface area (Å²) in [5.74, 6) is 0.268. The molecule has 16 heavy (non-hydrogen) atoms. The van der Waals surface area contributed by atoms with Gasteiger partial charge in [0, 0.05) is 11.1 Å². The van der Waals surface area contributed by atoms with Gasteiger partial charge < -0.3 is 10.2 Å². The summed E-state index contributed by atoms with van der Waals surface area (Å²) in [5.41, 5.74) is 3.36. The van der Waals surface area contributed by atoms with Crippen molar-refractivity contribution >= 4 is 0 Å². The second kappa shape index (κ2) is 3.89. The molecule has 2 aromatic rings. The summed E-state index contributed by atoms with van der Waals surface area (Å²) in [7, 11) is 0. The van der Waals surface area contributed by atoms with Crippen molar-refractivity contribution in [1.82, 2.24) is 0 Å². The van der Waals surface area contributed by atoms with E-state index in [0.717, 1.165) is 16.7 Å². The Morgan fingerprint density at radius 1 is 0.812 bits per heavy atom. The van der Waals surface area contributed by atoms with Crippen molar-refractivity contribution in [3.63, 3.8) is 0 Å². The van der Waals surface area contributed by atoms with Crippen molar-refractivity contribution in [2.45, 2.75) is 13.8 Å². The Hall–Kier alpha value is -1.96. The molecule has 0 radical (unpaired) electrons. The Balaban J connectivity index is 2.66. The van der Waals surface area contributed by atoms with Crippen LogP contribution in [0.4, 0.5) is 0 Å². The summed E-state index contributed by atoms with van der Waals surface area (Å²) in [6, 6.07) is 11.2. The summed E-state index contributed by atoms with van der Waals surface area (Å²) in [6.07, 6.45) is 0. The van der Waals surface area contributed by atoms with E-state index < -0.39 is 0 Å². The van der Waals surface area contributed by atoms with E-state index in [0.29, 0.717) is 5.56 Å². The van der Waals surface area contributed by atoms with Gasteiger partial charge in [0.05, 0.1) is 0 Å². The highest BCUT2D eigenvalue weighted by atomic mass is 16.3. The fraction of sp³-hybridized carbons (Fsp3) is 0.143. The lowest BCUT2D eigenvalue weighted by Crippen LogP contribution is -1.86. The Morgan fingerprint density at radius 2 is 1.50 bits per heavy atom. The molecule has 0 saturated carbocycles. The maximum absolute atomic E-state index is 10.00. The standard InChI is InChI=1S/C14H14O2/c1-9-5-3-4-6-11(9)12-7-8-13(15)10(2)14(12)16/h3-8,15-16H,1-2H3. The number of phenolic OH excluding ortho intramolecular Hbond substituents is 2. The highest BCUT2D eigenvalue weighted by Gasteiger charge is 2.11. The molecule has 2 rings (SSSR count). The summed E-state index contributed by atoms with van der Waals surface area (Å²) in [5, 5.41) is 19.5. The Labute approximate surface area is 94.8 Å². The van der Waals surface area contributed by atoms with E-state index in [1.54, 1.807) is 19.1 Å². The predicted molar refractivity (Wildman–Crippen MR) is 64.7 cm³/mol. The summed E-state index contributed by atoms with van der Waals surface area (Å²) in [4.78, 5) is 0. The van der Waals surface area contributed by atoms with Gasteiger partial charge >= 0.3 is 0 Å². The average molecular weight is 214 g/mol. The zero-order valence-electron chi connectivity index (χ0n) is 9.36. The van der Waals surface area contributed by atoms with Crippen molar-refractivity contribution in [3.05, 3.63) is 47.5 Å². The highest BCUT2D eigenvalue weighted by Crippen LogP contribution is 2.37. The summed E-state index contributed by atoms with van der Waals surface area (Å²) >= 11 is 0. The number of rotatable bonds is 1. The highest BCUT2D eigenvalue weighted by molar-refractivity contribution is 5.75. The van der Waals surface area contributed by atoms with Crippen LogP contribution in [0, 0.1) is 13.8 Å². The topological polar surface area (TPSA) is 40.5 Å². The summed E-state index contributed by atoms with van der Waals surface area (Å²) < 4.78 is 0. The van der Waals surface area contributed by atoms with Crippen LogP contribution in [-0.4, -0.2) is 10.2 Å². The monoisotopic (exact) mass is 214 g/mol. The lowest BCUT2D eigenvalue weighted by atomic mass is 9.97. The summed E-state index contributed by atoms with van der Waals surface area (Å²) in [6.45, 7) is 3.70. The molecule has 0 aliphatic carbocycles. The van der Waals surface area contributed by atoms with Gasteiger partial charge in [0.2, 0.25) is 0 Å². The number of aryl methyl sites for hydroxylation is 1. The zero-order valence-corrected chi connectivity index (χ0v) is 9.36. The first kappa shape index (κ1) is 10.6. The molecule has 0 aliphatic heterocycles. The van der Waals surface area contributed by atoms with Gasteiger partial charge in [0.1, 0.15) is 11.5 Å². The molecule has 2 nitrogen and oxygen atoms in total. The largest absolute Gasteiger partial charge is 0.508 e. The van der Waals surface area contributed by atoms with Crippen LogP contribution in [0.2, 0.25) is 0 Å². The van der Waals surface area contributed by atoms with Gasteiger partial charge in [-0.3, -0.25) is 0 Å². The molecule has 0 saturated heterocycles. The van der Waals surface area contributed by atoms with Gasteiger partial charge in [-0.25, -0.2) is 0 Å². The van der Waals surface area contributed by atoms with Crippen LogP contribution in [0.3, 0.4) is 0 Å². The third kappa shape index (κ3) is 1.63. The van der Waals surface area contributed by atoms with Crippen molar-refractivity contribution in [2.24, 2.45) is 0 Å². The van der Waals surface area contributed by atoms with Crippen LogP contribution in [0.15, 0.2) is 36.4 Å². The number of hydrogen-bond donors (Lipinski definition) is 2. The average Bonchev–Trinajstić information content (AvgIpc) is 2.28. The minimum Gasteiger partial charge on any atom is -0.508 e. The van der Waals surface area contributed by atoms with Crippen LogP contribution in [0.25, 0.3) is 11.1 Å². The molecule has 2 N–H and O–H groups in total. The van der Waals surface area contributed by atoms with Crippen molar-refractivity contribution in [1.29, 1.82) is 0 Å². The van der Waals surface area contributed by atoms with Crippen LogP contribution in [0.5, 0.6) is 11.5 Å². The molecule has 0 bridgehead atoms. The molecule has 82 valence electrons. The Bertz CT molecular complexity index is 530. The van der Waals surface area contributed by atoms with Gasteiger partial charge in [0.25, 0.3) is 0 Å². The third-order valence-corrected chi connectivity index (χ3v) is 2.84. The molecule has 0 atom stereocenters. The maximum Gasteiger partial charge on any atom is 0.130 e. The van der Waals surface area contributed by atoms with Crippen molar-refractivity contribution in [2.75, 3.05) is 0 Å². The molecule has 0 fully saturated rings. The van der Waals surface area contributed by atoms with Gasteiger partial charge in [-0.1, -0.05) is 24.3 Å². The molecule has 0 aliphatic rings. The van der Waals surface area contributed by atoms with E-state index in [1.807, 2.05) is 31.2 Å². The normalized spacial score (nSPS) is 10.4. The van der Waals surface area contributed by atoms with E-state index in [2.05, 4.69) is 0 Å². The third-order valence-electron chi connectivity index (χ3n) is 2.84. The lowest BCUT2D eigenvalue weighted by Gasteiger charge is -2.10. The molecule has 0 amide bonds. The SMILES string of the molecule is Cc1ccccc1-c1ccc(O)c(C)c1O. The van der Waals surface area contributed by atoms with Gasteiger partial charge in [0.15, 0.2) is 0 Å². The smallest absolute Gasteiger partial charge is 0.130 e. The van der Waals surface area contributed by atoms with E-state index in [9.17, 15) is 10.2 Å².